The maximum absolute atomic E-state index is 5.45. The van der Waals surface area contributed by atoms with Gasteiger partial charge in [-0.2, -0.15) is 5.10 Å². The van der Waals surface area contributed by atoms with Gasteiger partial charge < -0.3 is 10.1 Å². The summed E-state index contributed by atoms with van der Waals surface area (Å²) in [5, 5.41) is 10.2. The number of benzene rings is 1. The first kappa shape index (κ1) is 11.5. The largest absolute Gasteiger partial charge is 0.494 e. The van der Waals surface area contributed by atoms with E-state index in [1.165, 1.54) is 5.56 Å². The van der Waals surface area contributed by atoms with Gasteiger partial charge in [0.1, 0.15) is 5.75 Å². The number of hydrogen-bond acceptors (Lipinski definition) is 3. The zero-order chi connectivity index (χ0) is 12.1. The number of nitrogens with zero attached hydrogens (tertiary/aromatic N) is 1. The third kappa shape index (κ3) is 3.00. The topological polar surface area (TPSA) is 49.9 Å². The summed E-state index contributed by atoms with van der Waals surface area (Å²) in [6.07, 6.45) is 1.75. The molecule has 2 aromatic rings. The van der Waals surface area contributed by atoms with Crippen LogP contribution in [0, 0.1) is 6.92 Å². The molecule has 2 rings (SSSR count). The van der Waals surface area contributed by atoms with Gasteiger partial charge in [0.15, 0.2) is 0 Å². The lowest BCUT2D eigenvalue weighted by Gasteiger charge is -2.10. The molecule has 0 radical (unpaired) electrons. The molecule has 1 heterocycles. The predicted molar refractivity (Wildman–Crippen MR) is 68.3 cm³/mol. The summed E-state index contributed by atoms with van der Waals surface area (Å²) in [4.78, 5) is 0. The van der Waals surface area contributed by atoms with Gasteiger partial charge in [-0.15, -0.1) is 0 Å². The lowest BCUT2D eigenvalue weighted by molar-refractivity contribution is 0.340. The van der Waals surface area contributed by atoms with E-state index >= 15 is 0 Å². The highest BCUT2D eigenvalue weighted by atomic mass is 16.5. The number of ether oxygens (including phenoxy) is 1. The zero-order valence-electron chi connectivity index (χ0n) is 10.2. The number of nitrogens with one attached hydrogen (secondary N) is 2. The molecule has 0 aliphatic rings. The highest BCUT2D eigenvalue weighted by Gasteiger charge is 2.01. The maximum Gasteiger partial charge on any atom is 0.119 e. The molecule has 4 nitrogen and oxygen atoms in total. The van der Waals surface area contributed by atoms with E-state index in [4.69, 9.17) is 4.74 Å². The average molecular weight is 231 g/mol. The summed E-state index contributed by atoms with van der Waals surface area (Å²) in [5.41, 5.74) is 3.36. The molecule has 0 fully saturated rings. The molecule has 0 unspecified atom stereocenters. The van der Waals surface area contributed by atoms with Crippen LogP contribution >= 0.6 is 0 Å². The molecule has 0 bridgehead atoms. The number of aryl methyl sites for hydroxylation is 1. The van der Waals surface area contributed by atoms with Crippen molar-refractivity contribution in [2.45, 2.75) is 20.4 Å². The molecular weight excluding hydrogens is 214 g/mol. The molecule has 0 saturated carbocycles. The van der Waals surface area contributed by atoms with Gasteiger partial charge in [0.05, 0.1) is 18.8 Å². The SMILES string of the molecule is CCOc1ccc(NCc2ccn[nH]2)c(C)c1. The van der Waals surface area contributed by atoms with Crippen LogP contribution in [0.4, 0.5) is 5.69 Å². The lowest BCUT2D eigenvalue weighted by Crippen LogP contribution is -2.02. The minimum absolute atomic E-state index is 0.695. The Balaban J connectivity index is 2.01. The molecule has 1 aromatic heterocycles. The molecule has 0 aliphatic carbocycles. The smallest absolute Gasteiger partial charge is 0.119 e. The second kappa shape index (κ2) is 5.39. The van der Waals surface area contributed by atoms with E-state index in [9.17, 15) is 0 Å². The van der Waals surface area contributed by atoms with E-state index in [-0.39, 0.29) is 0 Å². The van der Waals surface area contributed by atoms with Crippen molar-refractivity contribution in [2.24, 2.45) is 0 Å². The van der Waals surface area contributed by atoms with Crippen LogP contribution in [0.2, 0.25) is 0 Å². The summed E-state index contributed by atoms with van der Waals surface area (Å²) in [5.74, 6) is 0.914. The average Bonchev–Trinajstić information content (AvgIpc) is 2.81. The highest BCUT2D eigenvalue weighted by molar-refractivity contribution is 5.53. The molecule has 0 aliphatic heterocycles. The first-order valence-electron chi connectivity index (χ1n) is 5.75. The Morgan fingerprint density at radius 1 is 1.35 bits per heavy atom. The number of rotatable bonds is 5. The Kier molecular flexibility index (Phi) is 3.65. The second-order valence-electron chi connectivity index (χ2n) is 3.85. The van der Waals surface area contributed by atoms with Crippen molar-refractivity contribution >= 4 is 5.69 Å². The maximum atomic E-state index is 5.45. The first-order valence-corrected chi connectivity index (χ1v) is 5.75. The van der Waals surface area contributed by atoms with Crippen molar-refractivity contribution < 1.29 is 4.74 Å². The Bertz CT molecular complexity index is 466. The van der Waals surface area contributed by atoms with Crippen molar-refractivity contribution in [2.75, 3.05) is 11.9 Å². The van der Waals surface area contributed by atoms with Gasteiger partial charge in [-0.25, -0.2) is 0 Å². The lowest BCUT2D eigenvalue weighted by atomic mass is 10.2. The molecular formula is C13H17N3O. The van der Waals surface area contributed by atoms with E-state index in [0.717, 1.165) is 23.7 Å². The molecule has 2 N–H and O–H groups in total. The Labute approximate surface area is 101 Å². The van der Waals surface area contributed by atoms with Crippen LogP contribution in [0.3, 0.4) is 0 Å². The molecule has 4 heteroatoms. The van der Waals surface area contributed by atoms with E-state index in [1.807, 2.05) is 31.2 Å². The number of aromatic amines is 1. The van der Waals surface area contributed by atoms with Crippen molar-refractivity contribution in [3.05, 3.63) is 41.7 Å². The quantitative estimate of drug-likeness (QED) is 0.831. The number of hydrogen-bond donors (Lipinski definition) is 2. The van der Waals surface area contributed by atoms with Crippen molar-refractivity contribution in [3.8, 4) is 5.75 Å². The number of anilines is 1. The van der Waals surface area contributed by atoms with Crippen LogP contribution in [0.1, 0.15) is 18.2 Å². The van der Waals surface area contributed by atoms with Crippen LogP contribution in [0.15, 0.2) is 30.5 Å². The van der Waals surface area contributed by atoms with Crippen LogP contribution in [0.25, 0.3) is 0 Å². The summed E-state index contributed by atoms with van der Waals surface area (Å²) >= 11 is 0. The minimum Gasteiger partial charge on any atom is -0.494 e. The Morgan fingerprint density at radius 3 is 2.88 bits per heavy atom. The summed E-state index contributed by atoms with van der Waals surface area (Å²) in [7, 11) is 0. The normalized spacial score (nSPS) is 10.2. The van der Waals surface area contributed by atoms with Gasteiger partial charge in [0.25, 0.3) is 0 Å². The third-order valence-corrected chi connectivity index (χ3v) is 2.54. The molecule has 0 saturated heterocycles. The molecule has 0 spiro atoms. The molecule has 90 valence electrons. The fourth-order valence-corrected chi connectivity index (χ4v) is 1.66. The highest BCUT2D eigenvalue weighted by Crippen LogP contribution is 2.21. The standard InChI is InChI=1S/C13H17N3O/c1-3-17-12-4-5-13(10(2)8-12)14-9-11-6-7-15-16-11/h4-8,14H,3,9H2,1-2H3,(H,15,16). The zero-order valence-corrected chi connectivity index (χ0v) is 10.2. The minimum atomic E-state index is 0.695. The van der Waals surface area contributed by atoms with E-state index in [2.05, 4.69) is 22.4 Å². The van der Waals surface area contributed by atoms with E-state index in [1.54, 1.807) is 6.20 Å². The van der Waals surface area contributed by atoms with Gasteiger partial charge in [0, 0.05) is 11.9 Å². The van der Waals surface area contributed by atoms with Crippen LogP contribution in [-0.4, -0.2) is 16.8 Å². The third-order valence-electron chi connectivity index (χ3n) is 2.54. The first-order chi connectivity index (χ1) is 8.29. The fraction of sp³-hybridized carbons (Fsp3) is 0.308. The molecule has 0 atom stereocenters. The Hall–Kier alpha value is -1.97. The van der Waals surface area contributed by atoms with Gasteiger partial charge >= 0.3 is 0 Å². The van der Waals surface area contributed by atoms with Gasteiger partial charge in [-0.1, -0.05) is 0 Å². The van der Waals surface area contributed by atoms with Crippen molar-refractivity contribution in [1.82, 2.24) is 10.2 Å². The number of H-pyrrole nitrogens is 1. The molecule has 1 aromatic carbocycles. The summed E-state index contributed by atoms with van der Waals surface area (Å²) in [6, 6.07) is 8.01. The van der Waals surface area contributed by atoms with Gasteiger partial charge in [-0.05, 0) is 43.7 Å². The van der Waals surface area contributed by atoms with E-state index < -0.39 is 0 Å². The second-order valence-corrected chi connectivity index (χ2v) is 3.85. The predicted octanol–water partition coefficient (Wildman–Crippen LogP) is 2.73. The monoisotopic (exact) mass is 231 g/mol. The van der Waals surface area contributed by atoms with Gasteiger partial charge in [0.2, 0.25) is 0 Å². The Morgan fingerprint density at radius 2 is 2.24 bits per heavy atom. The molecule has 17 heavy (non-hydrogen) atoms. The van der Waals surface area contributed by atoms with E-state index in [0.29, 0.717) is 6.61 Å². The van der Waals surface area contributed by atoms with Crippen LogP contribution < -0.4 is 10.1 Å². The fourth-order valence-electron chi connectivity index (χ4n) is 1.66. The van der Waals surface area contributed by atoms with Gasteiger partial charge in [-0.3, -0.25) is 5.10 Å². The van der Waals surface area contributed by atoms with Crippen LogP contribution in [-0.2, 0) is 6.54 Å². The van der Waals surface area contributed by atoms with Crippen LogP contribution in [0.5, 0.6) is 5.75 Å². The summed E-state index contributed by atoms with van der Waals surface area (Å²) in [6.45, 7) is 5.49. The number of aromatic nitrogens is 2. The van der Waals surface area contributed by atoms with Crippen molar-refractivity contribution in [1.29, 1.82) is 0 Å². The van der Waals surface area contributed by atoms with Crippen molar-refractivity contribution in [3.63, 3.8) is 0 Å². The summed E-state index contributed by atoms with van der Waals surface area (Å²) < 4.78 is 5.45. The molecule has 0 amide bonds.